The Balaban J connectivity index is 1.85. The Morgan fingerprint density at radius 3 is 2.24 bits per heavy atom. The molecule has 0 fully saturated rings. The van der Waals surface area contributed by atoms with Gasteiger partial charge in [-0.2, -0.15) is 0 Å². The molecule has 0 radical (unpaired) electrons. The van der Waals surface area contributed by atoms with E-state index in [1.165, 1.54) is 43.2 Å². The van der Waals surface area contributed by atoms with Gasteiger partial charge in [-0.25, -0.2) is 8.42 Å². The summed E-state index contributed by atoms with van der Waals surface area (Å²) in [5.74, 6) is -0.574. The van der Waals surface area contributed by atoms with Crippen LogP contribution in [-0.2, 0) is 32.6 Å². The van der Waals surface area contributed by atoms with Crippen LogP contribution in [0.3, 0.4) is 0 Å². The first-order valence-corrected chi connectivity index (χ1v) is 17.9. The van der Waals surface area contributed by atoms with Crippen LogP contribution in [0.1, 0.15) is 37.0 Å². The fourth-order valence-electron chi connectivity index (χ4n) is 5.18. The van der Waals surface area contributed by atoms with Crippen molar-refractivity contribution in [3.63, 3.8) is 0 Å². The molecule has 2 amide bonds. The van der Waals surface area contributed by atoms with Gasteiger partial charge in [-0.15, -0.1) is 0 Å². The van der Waals surface area contributed by atoms with E-state index in [2.05, 4.69) is 21.2 Å². The Hall–Kier alpha value is -4.75. The Morgan fingerprint density at radius 2 is 1.63 bits per heavy atom. The van der Waals surface area contributed by atoms with Gasteiger partial charge >= 0.3 is 0 Å². The zero-order chi connectivity index (χ0) is 35.7. The predicted molar refractivity (Wildman–Crippen MR) is 192 cm³/mol. The summed E-state index contributed by atoms with van der Waals surface area (Å²) in [6.45, 7) is 4.62. The van der Waals surface area contributed by atoms with Crippen LogP contribution in [0.25, 0.3) is 0 Å². The number of hydrogen-bond donors (Lipinski definition) is 1. The lowest BCUT2D eigenvalue weighted by atomic mass is 10.0. The van der Waals surface area contributed by atoms with Gasteiger partial charge in [0.2, 0.25) is 11.8 Å². The highest BCUT2D eigenvalue weighted by molar-refractivity contribution is 9.10. The van der Waals surface area contributed by atoms with Crippen molar-refractivity contribution < 1.29 is 27.7 Å². The second kappa shape index (κ2) is 16.6. The van der Waals surface area contributed by atoms with E-state index < -0.39 is 33.4 Å². The van der Waals surface area contributed by atoms with E-state index in [0.717, 1.165) is 20.4 Å². The molecule has 2 atom stereocenters. The van der Waals surface area contributed by atoms with Crippen LogP contribution in [0, 0.1) is 17.0 Å². The Labute approximate surface area is 295 Å². The molecule has 0 spiro atoms. The van der Waals surface area contributed by atoms with Crippen molar-refractivity contribution >= 4 is 49.1 Å². The molecule has 0 heterocycles. The number of carbonyl (C=O) groups excluding carboxylic acids is 2. The molecule has 0 aliphatic heterocycles. The van der Waals surface area contributed by atoms with Gasteiger partial charge in [0.15, 0.2) is 0 Å². The van der Waals surface area contributed by atoms with Crippen LogP contribution >= 0.6 is 15.9 Å². The topological polar surface area (TPSA) is 139 Å². The number of benzene rings is 4. The number of ether oxygens (including phenoxy) is 1. The molecular formula is C36H39BrN4O7S. The second-order valence-corrected chi connectivity index (χ2v) is 14.4. The highest BCUT2D eigenvalue weighted by Crippen LogP contribution is 2.30. The number of nitro benzene ring substituents is 1. The van der Waals surface area contributed by atoms with Crippen molar-refractivity contribution in [1.29, 1.82) is 0 Å². The second-order valence-electron chi connectivity index (χ2n) is 11.6. The van der Waals surface area contributed by atoms with E-state index in [4.69, 9.17) is 4.74 Å². The zero-order valence-electron chi connectivity index (χ0n) is 27.7. The predicted octanol–water partition coefficient (Wildman–Crippen LogP) is 6.42. The van der Waals surface area contributed by atoms with Gasteiger partial charge in [0.1, 0.15) is 18.3 Å². The first-order chi connectivity index (χ1) is 23.3. The molecule has 4 aromatic rings. The summed E-state index contributed by atoms with van der Waals surface area (Å²) in [5.41, 5.74) is 1.56. The molecule has 1 N–H and O–H groups in total. The van der Waals surface area contributed by atoms with Gasteiger partial charge in [-0.1, -0.05) is 71.4 Å². The van der Waals surface area contributed by atoms with Crippen molar-refractivity contribution in [1.82, 2.24) is 10.2 Å². The average Bonchev–Trinajstić information content (AvgIpc) is 3.09. The van der Waals surface area contributed by atoms with E-state index in [-0.39, 0.29) is 46.7 Å². The summed E-state index contributed by atoms with van der Waals surface area (Å²) in [6.07, 6.45) is 0.831. The number of rotatable bonds is 15. The molecule has 0 aliphatic carbocycles. The molecule has 258 valence electrons. The minimum atomic E-state index is -4.55. The lowest BCUT2D eigenvalue weighted by Crippen LogP contribution is -2.54. The third-order valence-corrected chi connectivity index (χ3v) is 10.4. The first kappa shape index (κ1) is 37.1. The number of nitrogens with zero attached hydrogens (tertiary/aromatic N) is 3. The quantitative estimate of drug-likeness (QED) is 0.109. The Morgan fingerprint density at radius 1 is 0.959 bits per heavy atom. The SMILES string of the molecule is CC[C@H](C)NC(=O)[C@@H](Cc1ccccc1)N(Cc1cccc(Br)c1)C(=O)CN(c1ccc(OC)cc1)S(=O)(=O)c1ccc(C)c([N+](=O)[O-])c1. The highest BCUT2D eigenvalue weighted by Gasteiger charge is 2.35. The fraction of sp³-hybridized carbons (Fsp3) is 0.278. The normalized spacial score (nSPS) is 12.4. The molecule has 0 saturated heterocycles. The molecule has 0 aromatic heterocycles. The molecule has 0 aliphatic rings. The maximum atomic E-state index is 14.6. The number of anilines is 1. The van der Waals surface area contributed by atoms with Crippen molar-refractivity contribution in [3.8, 4) is 5.75 Å². The molecule has 11 nitrogen and oxygen atoms in total. The number of halogens is 1. The third kappa shape index (κ3) is 9.45. The number of nitrogens with one attached hydrogen (secondary N) is 1. The van der Waals surface area contributed by atoms with Crippen LogP contribution in [0.2, 0.25) is 0 Å². The van der Waals surface area contributed by atoms with Gasteiger partial charge in [-0.3, -0.25) is 24.0 Å². The zero-order valence-corrected chi connectivity index (χ0v) is 30.1. The largest absolute Gasteiger partial charge is 0.497 e. The van der Waals surface area contributed by atoms with Crippen LogP contribution < -0.4 is 14.4 Å². The van der Waals surface area contributed by atoms with Crippen LogP contribution in [0.5, 0.6) is 5.75 Å². The standard InChI is InChI=1S/C36H39BrN4O7S/c1-5-26(3)38-36(43)34(21-27-10-7-6-8-11-27)39(23-28-12-9-13-29(37)20-28)35(42)24-40(30-15-17-31(48-4)18-16-30)49(46,47)32-19-14-25(2)33(22-32)41(44)45/h6-20,22,26,34H,5,21,23-24H2,1-4H3,(H,38,43)/t26-,34+/m0/s1. The van der Waals surface area contributed by atoms with Gasteiger partial charge in [-0.05, 0) is 73.9 Å². The molecule has 0 bridgehead atoms. The number of aryl methyl sites for hydroxylation is 1. The van der Waals surface area contributed by atoms with Crippen LogP contribution in [-0.4, -0.2) is 55.8 Å². The highest BCUT2D eigenvalue weighted by atomic mass is 79.9. The smallest absolute Gasteiger partial charge is 0.273 e. The summed E-state index contributed by atoms with van der Waals surface area (Å²) in [5, 5.41) is 14.8. The fourth-order valence-corrected chi connectivity index (χ4v) is 7.06. The maximum Gasteiger partial charge on any atom is 0.273 e. The van der Waals surface area contributed by atoms with Crippen molar-refractivity contribution in [2.24, 2.45) is 0 Å². The van der Waals surface area contributed by atoms with Crippen LogP contribution in [0.4, 0.5) is 11.4 Å². The number of hydrogen-bond acceptors (Lipinski definition) is 7. The Bertz CT molecular complexity index is 1890. The number of nitro groups is 1. The van der Waals surface area contributed by atoms with Gasteiger partial charge in [0.05, 0.1) is 22.6 Å². The summed E-state index contributed by atoms with van der Waals surface area (Å²) >= 11 is 3.48. The lowest BCUT2D eigenvalue weighted by molar-refractivity contribution is -0.385. The van der Waals surface area contributed by atoms with E-state index >= 15 is 0 Å². The number of methoxy groups -OCH3 is 1. The molecule has 0 unspecified atom stereocenters. The number of sulfonamides is 1. The van der Waals surface area contributed by atoms with Crippen molar-refractivity contribution in [2.75, 3.05) is 18.0 Å². The lowest BCUT2D eigenvalue weighted by Gasteiger charge is -2.34. The average molecular weight is 752 g/mol. The van der Waals surface area contributed by atoms with E-state index in [0.29, 0.717) is 17.7 Å². The maximum absolute atomic E-state index is 14.6. The molecular weight excluding hydrogens is 712 g/mol. The molecule has 49 heavy (non-hydrogen) atoms. The van der Waals surface area contributed by atoms with E-state index in [9.17, 15) is 28.1 Å². The number of amides is 2. The first-order valence-electron chi connectivity index (χ1n) is 15.6. The summed E-state index contributed by atoms with van der Waals surface area (Å²) in [4.78, 5) is 40.7. The molecule has 0 saturated carbocycles. The van der Waals surface area contributed by atoms with Gasteiger partial charge in [0.25, 0.3) is 15.7 Å². The molecule has 13 heteroatoms. The monoisotopic (exact) mass is 750 g/mol. The van der Waals surface area contributed by atoms with E-state index in [1.807, 2.05) is 68.4 Å². The molecule has 4 aromatic carbocycles. The van der Waals surface area contributed by atoms with Gasteiger partial charge in [0, 0.05) is 35.1 Å². The third-order valence-electron chi connectivity index (χ3n) is 8.12. The minimum absolute atomic E-state index is 0.00377. The summed E-state index contributed by atoms with van der Waals surface area (Å²) in [7, 11) is -3.08. The number of carbonyl (C=O) groups is 2. The molecule has 4 rings (SSSR count). The summed E-state index contributed by atoms with van der Waals surface area (Å²) in [6, 6.07) is 25.1. The van der Waals surface area contributed by atoms with Gasteiger partial charge < -0.3 is 15.0 Å². The van der Waals surface area contributed by atoms with Crippen molar-refractivity contribution in [2.45, 2.75) is 57.1 Å². The summed E-state index contributed by atoms with van der Waals surface area (Å²) < 4.78 is 35.6. The Kier molecular flexibility index (Phi) is 12.5. The van der Waals surface area contributed by atoms with E-state index in [1.54, 1.807) is 12.1 Å². The van der Waals surface area contributed by atoms with Crippen molar-refractivity contribution in [3.05, 3.63) is 128 Å². The minimum Gasteiger partial charge on any atom is -0.497 e. The van der Waals surface area contributed by atoms with Crippen LogP contribution in [0.15, 0.2) is 106 Å².